The molecule has 1 heterocycles. The van der Waals surface area contributed by atoms with Gasteiger partial charge in [0.05, 0.1) is 0 Å². The molecule has 0 amide bonds. The number of allylic oxidation sites excluding steroid dienone is 4. The number of aromatic amines is 1. The summed E-state index contributed by atoms with van der Waals surface area (Å²) in [5, 5.41) is 6.46. The Labute approximate surface area is 108 Å². The number of H-pyrrole nitrogens is 1. The molecule has 1 rings (SSSR count). The van der Waals surface area contributed by atoms with Gasteiger partial charge in [0.25, 0.3) is 0 Å². The lowest BCUT2D eigenvalue weighted by atomic mass is 10.1. The predicted molar refractivity (Wildman–Crippen MR) is 73.7 cm³/mol. The van der Waals surface area contributed by atoms with Crippen molar-refractivity contribution in [3.05, 3.63) is 50.8 Å². The zero-order chi connectivity index (χ0) is 12.0. The Morgan fingerprint density at radius 1 is 1.69 bits per heavy atom. The summed E-state index contributed by atoms with van der Waals surface area (Å²) in [7, 11) is 0. The molecule has 0 fully saturated rings. The molecule has 0 atom stereocenters. The minimum atomic E-state index is -0.158. The maximum atomic E-state index is 11.4. The van der Waals surface area contributed by atoms with Gasteiger partial charge < -0.3 is 0 Å². The van der Waals surface area contributed by atoms with E-state index in [1.807, 2.05) is 23.2 Å². The van der Waals surface area contributed by atoms with Crippen LogP contribution in [0.2, 0.25) is 0 Å². The normalized spacial score (nSPS) is 12.2. The summed E-state index contributed by atoms with van der Waals surface area (Å²) < 4.78 is 3.55. The second-order valence-electron chi connectivity index (χ2n) is 3.14. The van der Waals surface area contributed by atoms with Crippen molar-refractivity contribution in [3.63, 3.8) is 0 Å². The number of halogens is 1. The van der Waals surface area contributed by atoms with Gasteiger partial charge in [-0.1, -0.05) is 47.4 Å². The van der Waals surface area contributed by atoms with Crippen molar-refractivity contribution in [2.45, 2.75) is 19.9 Å². The summed E-state index contributed by atoms with van der Waals surface area (Å²) in [4.78, 5) is 11.4. The van der Waals surface area contributed by atoms with Crippen LogP contribution in [-0.4, -0.2) is 14.8 Å². The second-order valence-corrected chi connectivity index (χ2v) is 3.86. The fourth-order valence-electron chi connectivity index (χ4n) is 1.40. The molecule has 1 aromatic heterocycles. The Bertz CT molecular complexity index is 468. The molecular weight excluding hydrogens is 317 g/mol. The monoisotopic (exact) mass is 331 g/mol. The van der Waals surface area contributed by atoms with Crippen LogP contribution in [0.15, 0.2) is 39.3 Å². The molecule has 16 heavy (non-hydrogen) atoms. The lowest BCUT2D eigenvalue weighted by Crippen LogP contribution is -2.17. The number of rotatable bonds is 5. The highest BCUT2D eigenvalue weighted by molar-refractivity contribution is 14.1. The van der Waals surface area contributed by atoms with E-state index in [9.17, 15) is 4.79 Å². The van der Waals surface area contributed by atoms with Crippen molar-refractivity contribution in [2.75, 3.05) is 0 Å². The zero-order valence-electron chi connectivity index (χ0n) is 9.11. The van der Waals surface area contributed by atoms with Gasteiger partial charge in [-0.15, -0.1) is 0 Å². The third-order valence-corrected chi connectivity index (χ3v) is 2.48. The van der Waals surface area contributed by atoms with Gasteiger partial charge in [-0.3, -0.25) is 4.57 Å². The topological polar surface area (TPSA) is 50.7 Å². The number of hydrogen-bond acceptors (Lipinski definition) is 2. The first-order valence-corrected chi connectivity index (χ1v) is 6.20. The highest BCUT2D eigenvalue weighted by Crippen LogP contribution is 2.07. The van der Waals surface area contributed by atoms with E-state index in [2.05, 4.69) is 39.4 Å². The number of aromatic nitrogens is 3. The fraction of sp³-hybridized carbons (Fsp3) is 0.273. The van der Waals surface area contributed by atoms with Gasteiger partial charge in [0.1, 0.15) is 5.82 Å². The molecular formula is C11H14IN3O. The molecule has 86 valence electrons. The molecule has 0 radical (unpaired) electrons. The Kier molecular flexibility index (Phi) is 5.24. The summed E-state index contributed by atoms with van der Waals surface area (Å²) in [5.41, 5.74) is 0.909. The molecule has 0 saturated carbocycles. The van der Waals surface area contributed by atoms with Gasteiger partial charge >= 0.3 is 5.69 Å². The first kappa shape index (κ1) is 13.0. The van der Waals surface area contributed by atoms with Crippen LogP contribution < -0.4 is 5.69 Å². The standard InChI is InChI=1S/C11H14IN3O/c1-3-5-9(6-7-12)8-10-13-14-11(16)15(10)4-2/h3,5-7H,1,4,8H2,2H3,(H,14,16)/b7-6-,9-5+. The first-order chi connectivity index (χ1) is 7.72. The minimum Gasteiger partial charge on any atom is -0.279 e. The van der Waals surface area contributed by atoms with Crippen LogP contribution in [0.4, 0.5) is 0 Å². The first-order valence-electron chi connectivity index (χ1n) is 4.95. The highest BCUT2D eigenvalue weighted by atomic mass is 127. The van der Waals surface area contributed by atoms with Gasteiger partial charge in [-0.2, -0.15) is 5.10 Å². The van der Waals surface area contributed by atoms with Gasteiger partial charge in [-0.05, 0) is 16.6 Å². The lowest BCUT2D eigenvalue weighted by Gasteiger charge is -2.02. The second kappa shape index (κ2) is 6.47. The highest BCUT2D eigenvalue weighted by Gasteiger charge is 2.06. The van der Waals surface area contributed by atoms with Crippen LogP contribution >= 0.6 is 22.6 Å². The quantitative estimate of drug-likeness (QED) is 0.664. The lowest BCUT2D eigenvalue weighted by molar-refractivity contribution is 0.689. The molecule has 5 heteroatoms. The van der Waals surface area contributed by atoms with E-state index in [0.717, 1.165) is 11.4 Å². The predicted octanol–water partition coefficient (Wildman–Crippen LogP) is 2.19. The maximum Gasteiger partial charge on any atom is 0.343 e. The van der Waals surface area contributed by atoms with Crippen LogP contribution in [0.5, 0.6) is 0 Å². The van der Waals surface area contributed by atoms with Crippen LogP contribution in [-0.2, 0) is 13.0 Å². The van der Waals surface area contributed by atoms with Crippen molar-refractivity contribution in [3.8, 4) is 0 Å². The van der Waals surface area contributed by atoms with Gasteiger partial charge in [0.15, 0.2) is 0 Å². The Balaban J connectivity index is 2.98. The van der Waals surface area contributed by atoms with Gasteiger partial charge in [-0.25, -0.2) is 9.89 Å². The number of hydrogen-bond donors (Lipinski definition) is 1. The summed E-state index contributed by atoms with van der Waals surface area (Å²) >= 11 is 2.16. The third-order valence-electron chi connectivity index (χ3n) is 2.12. The summed E-state index contributed by atoms with van der Waals surface area (Å²) in [6.07, 6.45) is 6.24. The van der Waals surface area contributed by atoms with E-state index in [0.29, 0.717) is 13.0 Å². The van der Waals surface area contributed by atoms with E-state index in [1.54, 1.807) is 10.6 Å². The van der Waals surface area contributed by atoms with Gasteiger partial charge in [0.2, 0.25) is 0 Å². The van der Waals surface area contributed by atoms with Crippen LogP contribution in [0.1, 0.15) is 12.7 Å². The van der Waals surface area contributed by atoms with Crippen molar-refractivity contribution >= 4 is 22.6 Å². The smallest absolute Gasteiger partial charge is 0.279 e. The van der Waals surface area contributed by atoms with Crippen molar-refractivity contribution in [1.82, 2.24) is 14.8 Å². The molecule has 0 bridgehead atoms. The minimum absolute atomic E-state index is 0.158. The maximum absolute atomic E-state index is 11.4. The fourth-order valence-corrected chi connectivity index (χ4v) is 1.86. The van der Waals surface area contributed by atoms with Crippen LogP contribution in [0.25, 0.3) is 0 Å². The van der Waals surface area contributed by atoms with E-state index in [4.69, 9.17) is 0 Å². The molecule has 1 aromatic rings. The summed E-state index contributed by atoms with van der Waals surface area (Å²) in [6, 6.07) is 0. The SMILES string of the molecule is C=C/C=C(\C=C/I)Cc1n[nH]c(=O)n1CC. The molecule has 0 spiro atoms. The van der Waals surface area contributed by atoms with Crippen molar-refractivity contribution in [2.24, 2.45) is 0 Å². The summed E-state index contributed by atoms with van der Waals surface area (Å²) in [6.45, 7) is 6.21. The third kappa shape index (κ3) is 3.19. The van der Waals surface area contributed by atoms with Crippen LogP contribution in [0.3, 0.4) is 0 Å². The molecule has 1 N–H and O–H groups in total. The van der Waals surface area contributed by atoms with E-state index < -0.39 is 0 Å². The molecule has 0 unspecified atom stereocenters. The molecule has 0 aliphatic rings. The Hall–Kier alpha value is -1.11. The molecule has 4 nitrogen and oxygen atoms in total. The van der Waals surface area contributed by atoms with Crippen LogP contribution in [0, 0.1) is 0 Å². The number of nitrogens with one attached hydrogen (secondary N) is 1. The Morgan fingerprint density at radius 3 is 3.00 bits per heavy atom. The molecule has 0 aliphatic carbocycles. The zero-order valence-corrected chi connectivity index (χ0v) is 11.3. The van der Waals surface area contributed by atoms with E-state index in [1.165, 1.54) is 0 Å². The van der Waals surface area contributed by atoms with E-state index in [-0.39, 0.29) is 5.69 Å². The van der Waals surface area contributed by atoms with Crippen molar-refractivity contribution in [1.29, 1.82) is 0 Å². The summed E-state index contributed by atoms with van der Waals surface area (Å²) in [5.74, 6) is 0.745. The van der Waals surface area contributed by atoms with E-state index >= 15 is 0 Å². The average molecular weight is 331 g/mol. The average Bonchev–Trinajstić information content (AvgIpc) is 2.60. The molecule has 0 saturated heterocycles. The molecule has 0 aromatic carbocycles. The largest absolute Gasteiger partial charge is 0.343 e. The number of nitrogens with zero attached hydrogens (tertiary/aromatic N) is 2. The van der Waals surface area contributed by atoms with Crippen molar-refractivity contribution < 1.29 is 0 Å². The molecule has 0 aliphatic heterocycles. The Morgan fingerprint density at radius 2 is 2.44 bits per heavy atom. The van der Waals surface area contributed by atoms with Gasteiger partial charge in [0, 0.05) is 13.0 Å².